The summed E-state index contributed by atoms with van der Waals surface area (Å²) in [6.07, 6.45) is 1.69. The van der Waals surface area contributed by atoms with Crippen LogP contribution in [0.25, 0.3) is 0 Å². The number of anilines is 2. The number of thiophene rings is 1. The molecule has 0 aromatic carbocycles. The first kappa shape index (κ1) is 15.4. The van der Waals surface area contributed by atoms with Crippen molar-refractivity contribution in [3.8, 4) is 5.75 Å². The van der Waals surface area contributed by atoms with E-state index in [4.69, 9.17) is 15.2 Å². The summed E-state index contributed by atoms with van der Waals surface area (Å²) in [4.78, 5) is 12.2. The van der Waals surface area contributed by atoms with Crippen molar-refractivity contribution in [1.82, 2.24) is 0 Å². The van der Waals surface area contributed by atoms with Crippen LogP contribution >= 0.6 is 11.3 Å². The summed E-state index contributed by atoms with van der Waals surface area (Å²) < 4.78 is 10.6. The summed E-state index contributed by atoms with van der Waals surface area (Å²) in [6, 6.07) is 0. The van der Waals surface area contributed by atoms with Gasteiger partial charge in [-0.25, -0.2) is 4.79 Å². The zero-order chi connectivity index (χ0) is 14.4. The third kappa shape index (κ3) is 3.89. The van der Waals surface area contributed by atoms with E-state index in [0.29, 0.717) is 34.5 Å². The maximum Gasteiger partial charge on any atom is 0.350 e. The molecule has 0 saturated heterocycles. The van der Waals surface area contributed by atoms with Gasteiger partial charge in [-0.2, -0.15) is 0 Å². The fraction of sp³-hybridized carbons (Fsp3) is 0.462. The third-order valence-electron chi connectivity index (χ3n) is 2.12. The first-order valence-corrected chi connectivity index (χ1v) is 6.93. The van der Waals surface area contributed by atoms with Crippen molar-refractivity contribution in [3.05, 3.63) is 17.5 Å². The van der Waals surface area contributed by atoms with Crippen molar-refractivity contribution in [3.63, 3.8) is 0 Å². The van der Waals surface area contributed by atoms with Crippen LogP contribution in [0, 0.1) is 0 Å². The van der Waals surface area contributed by atoms with Crippen molar-refractivity contribution in [2.75, 3.05) is 24.2 Å². The Morgan fingerprint density at radius 1 is 1.58 bits per heavy atom. The number of hydrogen-bond acceptors (Lipinski definition) is 6. The lowest BCUT2D eigenvalue weighted by molar-refractivity contribution is 0.0533. The van der Waals surface area contributed by atoms with Gasteiger partial charge >= 0.3 is 5.97 Å². The number of ether oxygens (including phenoxy) is 2. The smallest absolute Gasteiger partial charge is 0.350 e. The quantitative estimate of drug-likeness (QED) is 0.595. The maximum absolute atomic E-state index is 11.8. The maximum atomic E-state index is 11.8. The Morgan fingerprint density at radius 3 is 2.79 bits per heavy atom. The molecule has 0 aliphatic rings. The monoisotopic (exact) mass is 284 g/mol. The summed E-state index contributed by atoms with van der Waals surface area (Å²) in [5.41, 5.74) is 6.30. The van der Waals surface area contributed by atoms with Gasteiger partial charge in [0.25, 0.3) is 0 Å². The Labute approximate surface area is 117 Å². The molecule has 0 aliphatic heterocycles. The number of rotatable bonds is 7. The van der Waals surface area contributed by atoms with Gasteiger partial charge in [-0.1, -0.05) is 6.08 Å². The zero-order valence-corrected chi connectivity index (χ0v) is 12.3. The molecule has 3 N–H and O–H groups in total. The molecule has 0 fully saturated rings. The van der Waals surface area contributed by atoms with E-state index in [2.05, 4.69) is 11.9 Å². The molecule has 0 amide bonds. The molecular formula is C13H20N2O3S. The predicted molar refractivity (Wildman–Crippen MR) is 79.1 cm³/mol. The van der Waals surface area contributed by atoms with Crippen LogP contribution < -0.4 is 15.8 Å². The van der Waals surface area contributed by atoms with Crippen molar-refractivity contribution in [1.29, 1.82) is 0 Å². The van der Waals surface area contributed by atoms with Gasteiger partial charge in [-0.05, 0) is 20.8 Å². The van der Waals surface area contributed by atoms with Gasteiger partial charge in [0.1, 0.15) is 15.6 Å². The van der Waals surface area contributed by atoms with Gasteiger partial charge in [-0.3, -0.25) is 0 Å². The molecular weight excluding hydrogens is 264 g/mol. The number of nitrogens with two attached hydrogens (primary N) is 1. The molecule has 6 heteroatoms. The highest BCUT2D eigenvalue weighted by molar-refractivity contribution is 7.19. The van der Waals surface area contributed by atoms with E-state index in [9.17, 15) is 4.79 Å². The molecule has 0 spiro atoms. The molecule has 1 heterocycles. The molecule has 106 valence electrons. The predicted octanol–water partition coefficient (Wildman–Crippen LogP) is 2.89. The molecule has 19 heavy (non-hydrogen) atoms. The van der Waals surface area contributed by atoms with Gasteiger partial charge in [0.2, 0.25) is 0 Å². The lowest BCUT2D eigenvalue weighted by Gasteiger charge is -2.11. The number of hydrogen-bond donors (Lipinski definition) is 2. The SMILES string of the molecule is C=CCNc1sc(C(=O)OCC)c(N)c1OC(C)C. The molecule has 0 bridgehead atoms. The number of nitrogens with one attached hydrogen (secondary N) is 1. The van der Waals surface area contributed by atoms with Crippen LogP contribution in [0.4, 0.5) is 10.7 Å². The Morgan fingerprint density at radius 2 is 2.26 bits per heavy atom. The van der Waals surface area contributed by atoms with Crippen molar-refractivity contribution in [2.24, 2.45) is 0 Å². The van der Waals surface area contributed by atoms with E-state index >= 15 is 0 Å². The van der Waals surface area contributed by atoms with Crippen molar-refractivity contribution >= 4 is 28.0 Å². The normalized spacial score (nSPS) is 10.3. The molecule has 1 aromatic heterocycles. The fourth-order valence-corrected chi connectivity index (χ4v) is 2.37. The van der Waals surface area contributed by atoms with Crippen LogP contribution in [0.15, 0.2) is 12.7 Å². The van der Waals surface area contributed by atoms with E-state index in [-0.39, 0.29) is 6.10 Å². The number of nitrogen functional groups attached to an aromatic ring is 1. The molecule has 0 aliphatic carbocycles. The minimum atomic E-state index is -0.426. The largest absolute Gasteiger partial charge is 0.486 e. The van der Waals surface area contributed by atoms with E-state index in [1.54, 1.807) is 13.0 Å². The highest BCUT2D eigenvalue weighted by atomic mass is 32.1. The zero-order valence-electron chi connectivity index (χ0n) is 11.5. The second-order valence-electron chi connectivity index (χ2n) is 4.06. The second-order valence-corrected chi connectivity index (χ2v) is 5.08. The topological polar surface area (TPSA) is 73.6 Å². The Balaban J connectivity index is 3.09. The minimum Gasteiger partial charge on any atom is -0.486 e. The lowest BCUT2D eigenvalue weighted by atomic mass is 10.3. The van der Waals surface area contributed by atoms with Gasteiger partial charge in [0, 0.05) is 6.54 Å². The van der Waals surface area contributed by atoms with Crippen LogP contribution in [-0.2, 0) is 4.74 Å². The second kappa shape index (κ2) is 7.04. The Bertz CT molecular complexity index is 455. The molecule has 0 radical (unpaired) electrons. The van der Waals surface area contributed by atoms with E-state index in [0.717, 1.165) is 0 Å². The van der Waals surface area contributed by atoms with Crippen LogP contribution in [0.1, 0.15) is 30.4 Å². The van der Waals surface area contributed by atoms with E-state index in [1.807, 2.05) is 13.8 Å². The van der Waals surface area contributed by atoms with Gasteiger partial charge in [0.15, 0.2) is 5.75 Å². The summed E-state index contributed by atoms with van der Waals surface area (Å²) in [5, 5.41) is 3.83. The first-order valence-electron chi connectivity index (χ1n) is 6.12. The van der Waals surface area contributed by atoms with Crippen LogP contribution in [0.5, 0.6) is 5.75 Å². The average Bonchev–Trinajstić information content (AvgIpc) is 2.64. The van der Waals surface area contributed by atoms with Gasteiger partial charge in [-0.15, -0.1) is 17.9 Å². The van der Waals surface area contributed by atoms with E-state index in [1.165, 1.54) is 11.3 Å². The summed E-state index contributed by atoms with van der Waals surface area (Å²) in [5.74, 6) is 0.0789. The molecule has 1 rings (SSSR count). The van der Waals surface area contributed by atoms with Crippen LogP contribution in [0.3, 0.4) is 0 Å². The number of carbonyl (C=O) groups is 1. The van der Waals surface area contributed by atoms with Crippen LogP contribution in [0.2, 0.25) is 0 Å². The van der Waals surface area contributed by atoms with Crippen LogP contribution in [-0.4, -0.2) is 25.2 Å². The standard InChI is InChI=1S/C13H20N2O3S/c1-5-7-15-12-10(18-8(3)4)9(14)11(19-12)13(16)17-6-2/h5,8,15H,1,6-7,14H2,2-4H3. The number of carbonyl (C=O) groups excluding carboxylic acids is 1. The fourth-order valence-electron chi connectivity index (χ4n) is 1.41. The van der Waals surface area contributed by atoms with Gasteiger partial charge in [0.05, 0.1) is 12.7 Å². The minimum absolute atomic E-state index is 0.0313. The Hall–Kier alpha value is -1.69. The number of esters is 1. The summed E-state index contributed by atoms with van der Waals surface area (Å²) >= 11 is 1.23. The molecule has 0 atom stereocenters. The lowest BCUT2D eigenvalue weighted by Crippen LogP contribution is -2.09. The third-order valence-corrected chi connectivity index (χ3v) is 3.25. The summed E-state index contributed by atoms with van der Waals surface area (Å²) in [6.45, 7) is 10.1. The molecule has 0 unspecified atom stereocenters. The molecule has 0 saturated carbocycles. The Kier molecular flexibility index (Phi) is 5.69. The van der Waals surface area contributed by atoms with E-state index < -0.39 is 5.97 Å². The van der Waals surface area contributed by atoms with Crippen molar-refractivity contribution in [2.45, 2.75) is 26.9 Å². The highest BCUT2D eigenvalue weighted by Crippen LogP contribution is 2.43. The first-order chi connectivity index (χ1) is 9.01. The van der Waals surface area contributed by atoms with Gasteiger partial charge < -0.3 is 20.5 Å². The highest BCUT2D eigenvalue weighted by Gasteiger charge is 2.23. The average molecular weight is 284 g/mol. The summed E-state index contributed by atoms with van der Waals surface area (Å²) in [7, 11) is 0. The molecule has 1 aromatic rings. The van der Waals surface area contributed by atoms with Crippen molar-refractivity contribution < 1.29 is 14.3 Å². The molecule has 5 nitrogen and oxygen atoms in total.